The lowest BCUT2D eigenvalue weighted by Crippen LogP contribution is -2.51. The number of halogens is 1. The third kappa shape index (κ3) is 3.54. The molecule has 1 unspecified atom stereocenters. The van der Waals surface area contributed by atoms with Crippen molar-refractivity contribution in [1.29, 1.82) is 0 Å². The molecular formula is C24H24ClN3O3. The van der Waals surface area contributed by atoms with Crippen molar-refractivity contribution in [2.45, 2.75) is 51.8 Å². The number of hydrogen-bond acceptors (Lipinski definition) is 5. The van der Waals surface area contributed by atoms with Crippen molar-refractivity contribution in [1.82, 2.24) is 15.1 Å². The maximum Gasteiger partial charge on any atom is 0.255 e. The zero-order chi connectivity index (χ0) is 21.9. The number of benzene rings is 2. The van der Waals surface area contributed by atoms with Gasteiger partial charge in [0.1, 0.15) is 0 Å². The van der Waals surface area contributed by atoms with Crippen molar-refractivity contribution >= 4 is 17.5 Å². The fourth-order valence-corrected chi connectivity index (χ4v) is 4.99. The molecule has 0 spiro atoms. The molecule has 6 nitrogen and oxygen atoms in total. The molecule has 1 aliphatic heterocycles. The summed E-state index contributed by atoms with van der Waals surface area (Å²) in [5, 5.41) is 19.2. The van der Waals surface area contributed by atoms with Gasteiger partial charge in [-0.2, -0.15) is 0 Å². The smallest absolute Gasteiger partial charge is 0.255 e. The van der Waals surface area contributed by atoms with E-state index < -0.39 is 5.60 Å². The molecule has 1 aromatic heterocycles. The summed E-state index contributed by atoms with van der Waals surface area (Å²) < 4.78 is 5.50. The van der Waals surface area contributed by atoms with E-state index in [2.05, 4.69) is 10.2 Å². The second kappa shape index (κ2) is 7.18. The van der Waals surface area contributed by atoms with Gasteiger partial charge in [-0.15, -0.1) is 10.2 Å². The van der Waals surface area contributed by atoms with Crippen LogP contribution in [0.5, 0.6) is 0 Å². The van der Waals surface area contributed by atoms with Crippen molar-refractivity contribution in [2.75, 3.05) is 0 Å². The molecule has 31 heavy (non-hydrogen) atoms. The second-order valence-corrected chi connectivity index (χ2v) is 9.44. The van der Waals surface area contributed by atoms with E-state index in [-0.39, 0.29) is 11.9 Å². The van der Waals surface area contributed by atoms with E-state index in [4.69, 9.17) is 16.0 Å². The van der Waals surface area contributed by atoms with Crippen molar-refractivity contribution in [3.05, 3.63) is 58.4 Å². The SMILES string of the molecule is Cc1nnc(-c2ccc(-c3c(Cl)ccc4c3C(=O)N(C(C3CC3)C(C)(C)O)C4)cc2)o1. The molecule has 0 radical (unpaired) electrons. The van der Waals surface area contributed by atoms with Crippen LogP contribution in [-0.4, -0.2) is 37.8 Å². The van der Waals surface area contributed by atoms with Crippen LogP contribution >= 0.6 is 11.6 Å². The highest BCUT2D eigenvalue weighted by Crippen LogP contribution is 2.45. The summed E-state index contributed by atoms with van der Waals surface area (Å²) in [5.74, 6) is 1.23. The third-order valence-electron chi connectivity index (χ3n) is 6.13. The molecule has 7 heteroatoms. The van der Waals surface area contributed by atoms with Crippen molar-refractivity contribution in [2.24, 2.45) is 5.92 Å². The Morgan fingerprint density at radius 2 is 1.77 bits per heavy atom. The quantitative estimate of drug-likeness (QED) is 0.615. The number of aliphatic hydroxyl groups is 1. The van der Waals surface area contributed by atoms with Crippen LogP contribution in [0.15, 0.2) is 40.8 Å². The Morgan fingerprint density at radius 3 is 2.35 bits per heavy atom. The molecule has 2 heterocycles. The van der Waals surface area contributed by atoms with Crippen LogP contribution in [0.3, 0.4) is 0 Å². The van der Waals surface area contributed by atoms with E-state index in [1.807, 2.05) is 41.3 Å². The molecule has 160 valence electrons. The Bertz CT molecular complexity index is 1160. The van der Waals surface area contributed by atoms with Gasteiger partial charge < -0.3 is 14.4 Å². The lowest BCUT2D eigenvalue weighted by Gasteiger charge is -2.37. The molecule has 5 rings (SSSR count). The molecule has 0 saturated heterocycles. The van der Waals surface area contributed by atoms with E-state index in [1.165, 1.54) is 0 Å². The third-order valence-corrected chi connectivity index (χ3v) is 6.45. The predicted octanol–water partition coefficient (Wildman–Crippen LogP) is 4.87. The monoisotopic (exact) mass is 437 g/mol. The number of nitrogens with zero attached hydrogens (tertiary/aromatic N) is 3. The highest BCUT2D eigenvalue weighted by atomic mass is 35.5. The number of carbonyl (C=O) groups excluding carboxylic acids is 1. The normalized spacial score (nSPS) is 17.2. The van der Waals surface area contributed by atoms with Gasteiger partial charge in [-0.1, -0.05) is 29.8 Å². The van der Waals surface area contributed by atoms with Gasteiger partial charge in [-0.3, -0.25) is 4.79 Å². The summed E-state index contributed by atoms with van der Waals surface area (Å²) in [7, 11) is 0. The van der Waals surface area contributed by atoms with Crippen LogP contribution in [0.2, 0.25) is 5.02 Å². The average molecular weight is 438 g/mol. The molecule has 1 atom stereocenters. The van der Waals surface area contributed by atoms with E-state index in [1.54, 1.807) is 20.8 Å². The second-order valence-electron chi connectivity index (χ2n) is 9.03. The van der Waals surface area contributed by atoms with E-state index in [9.17, 15) is 9.90 Å². The molecule has 1 aliphatic carbocycles. The topological polar surface area (TPSA) is 79.5 Å². The minimum atomic E-state index is -0.966. The molecule has 1 amide bonds. The van der Waals surface area contributed by atoms with Gasteiger partial charge in [-0.25, -0.2) is 0 Å². The highest BCUT2D eigenvalue weighted by molar-refractivity contribution is 6.34. The van der Waals surface area contributed by atoms with E-state index >= 15 is 0 Å². The zero-order valence-electron chi connectivity index (χ0n) is 17.7. The largest absolute Gasteiger partial charge is 0.421 e. The Labute approximate surface area is 185 Å². The Hall–Kier alpha value is -2.70. The van der Waals surface area contributed by atoms with Gasteiger partial charge in [0.2, 0.25) is 11.8 Å². The van der Waals surface area contributed by atoms with Crippen LogP contribution in [0.25, 0.3) is 22.6 Å². The zero-order valence-corrected chi connectivity index (χ0v) is 18.5. The summed E-state index contributed by atoms with van der Waals surface area (Å²) in [5.41, 5.74) is 2.98. The molecule has 2 aromatic carbocycles. The first-order valence-electron chi connectivity index (χ1n) is 10.5. The first-order chi connectivity index (χ1) is 14.7. The van der Waals surface area contributed by atoms with E-state index in [0.29, 0.717) is 34.8 Å². The van der Waals surface area contributed by atoms with Gasteiger partial charge in [0, 0.05) is 29.6 Å². The van der Waals surface area contributed by atoms with Crippen LogP contribution in [0.4, 0.5) is 0 Å². The number of rotatable bonds is 5. The lowest BCUT2D eigenvalue weighted by atomic mass is 9.92. The number of amides is 1. The Balaban J connectivity index is 1.53. The van der Waals surface area contributed by atoms with Gasteiger partial charge in [0.15, 0.2) is 0 Å². The summed E-state index contributed by atoms with van der Waals surface area (Å²) in [6.07, 6.45) is 2.08. The van der Waals surface area contributed by atoms with Crippen LogP contribution in [0, 0.1) is 12.8 Å². The summed E-state index contributed by atoms with van der Waals surface area (Å²) in [6.45, 7) is 5.82. The Morgan fingerprint density at radius 1 is 1.10 bits per heavy atom. The highest BCUT2D eigenvalue weighted by Gasteiger charge is 2.48. The number of aromatic nitrogens is 2. The van der Waals surface area contributed by atoms with Crippen LogP contribution in [-0.2, 0) is 6.54 Å². The summed E-state index contributed by atoms with van der Waals surface area (Å²) >= 11 is 6.60. The Kier molecular flexibility index (Phi) is 4.68. The fourth-order valence-electron chi connectivity index (χ4n) is 4.72. The molecule has 1 saturated carbocycles. The molecule has 1 N–H and O–H groups in total. The number of fused-ring (bicyclic) bond motifs is 1. The number of aryl methyl sites for hydroxylation is 1. The van der Waals surface area contributed by atoms with Crippen molar-refractivity contribution in [3.8, 4) is 22.6 Å². The molecule has 1 fully saturated rings. The summed E-state index contributed by atoms with van der Waals surface area (Å²) in [4.78, 5) is 15.4. The molecular weight excluding hydrogens is 414 g/mol. The van der Waals surface area contributed by atoms with Gasteiger partial charge in [0.05, 0.1) is 17.2 Å². The number of hydrogen-bond donors (Lipinski definition) is 1. The maximum absolute atomic E-state index is 13.6. The average Bonchev–Trinajstić information content (AvgIpc) is 3.36. The first kappa shape index (κ1) is 20.2. The van der Waals surface area contributed by atoms with Gasteiger partial charge in [0.25, 0.3) is 5.91 Å². The van der Waals surface area contributed by atoms with Crippen LogP contribution < -0.4 is 0 Å². The fraction of sp³-hybridized carbons (Fsp3) is 0.375. The van der Waals surface area contributed by atoms with Gasteiger partial charge in [-0.05, 0) is 61.9 Å². The van der Waals surface area contributed by atoms with Gasteiger partial charge >= 0.3 is 0 Å². The lowest BCUT2D eigenvalue weighted by molar-refractivity contribution is -0.0224. The molecule has 3 aromatic rings. The van der Waals surface area contributed by atoms with Crippen molar-refractivity contribution in [3.63, 3.8) is 0 Å². The molecule has 0 bridgehead atoms. The minimum absolute atomic E-state index is 0.0665. The number of carbonyl (C=O) groups is 1. The molecule has 2 aliphatic rings. The summed E-state index contributed by atoms with van der Waals surface area (Å²) in [6, 6.07) is 11.2. The predicted molar refractivity (Wildman–Crippen MR) is 118 cm³/mol. The maximum atomic E-state index is 13.6. The van der Waals surface area contributed by atoms with E-state index in [0.717, 1.165) is 35.1 Å². The van der Waals surface area contributed by atoms with Crippen LogP contribution in [0.1, 0.15) is 48.5 Å². The van der Waals surface area contributed by atoms with Crippen molar-refractivity contribution < 1.29 is 14.3 Å². The first-order valence-corrected chi connectivity index (χ1v) is 10.9. The minimum Gasteiger partial charge on any atom is -0.421 e. The standard InChI is InChI=1S/C24H24ClN3O3/c1-13-26-27-22(31-13)16-8-4-14(5-9-16)19-18(25)11-10-17-12-28(23(29)20(17)19)21(15-6-7-15)24(2,3)30/h4-5,8-11,15,21,30H,6-7,12H2,1-3H3.